The Morgan fingerprint density at radius 2 is 1.67 bits per heavy atom. The molecule has 0 radical (unpaired) electrons. The SMILES string of the molecule is COc1ccc(-c2ccc(CO)cc2)c2c1Sc1ncccc1CN[C@@H](CCCN)C(=O)N[C@@H](CCCCN)C(=O)N(C)[C@@H](Cc1c[nH]c3ccccc13)C(=O)NC2. The van der Waals surface area contributed by atoms with Gasteiger partial charge in [0, 0.05) is 49.9 Å². The van der Waals surface area contributed by atoms with Gasteiger partial charge in [-0.25, -0.2) is 4.98 Å². The first kappa shape index (κ1) is 42.4. The Bertz CT molecular complexity index is 2180. The van der Waals surface area contributed by atoms with Gasteiger partial charge in [0.05, 0.1) is 24.7 Å². The van der Waals surface area contributed by atoms with Crippen LogP contribution in [0.15, 0.2) is 95.1 Å². The van der Waals surface area contributed by atoms with E-state index in [0.29, 0.717) is 62.5 Å². The number of aliphatic hydroxyl groups excluding tert-OH is 1. The summed E-state index contributed by atoms with van der Waals surface area (Å²) in [7, 11) is 3.24. The summed E-state index contributed by atoms with van der Waals surface area (Å²) in [6.45, 7) is 1.17. The number of rotatable bonds is 12. The highest BCUT2D eigenvalue weighted by atomic mass is 32.2. The first-order valence-electron chi connectivity index (χ1n) is 19.8. The molecule has 0 saturated carbocycles. The van der Waals surface area contributed by atoms with Crippen LogP contribution in [-0.2, 0) is 40.5 Å². The Morgan fingerprint density at radius 1 is 0.897 bits per heavy atom. The molecule has 3 aromatic carbocycles. The van der Waals surface area contributed by atoms with E-state index in [9.17, 15) is 19.5 Å². The third-order valence-electron chi connectivity index (χ3n) is 10.7. The number of unbranched alkanes of at least 4 members (excludes halogenated alkanes) is 1. The van der Waals surface area contributed by atoms with E-state index >= 15 is 0 Å². The van der Waals surface area contributed by atoms with Crippen molar-refractivity contribution in [2.45, 2.75) is 86.3 Å². The van der Waals surface area contributed by atoms with Crippen LogP contribution in [0.3, 0.4) is 0 Å². The first-order valence-corrected chi connectivity index (χ1v) is 20.6. The predicted molar refractivity (Wildman–Crippen MR) is 227 cm³/mol. The maximum Gasteiger partial charge on any atom is 0.245 e. The van der Waals surface area contributed by atoms with E-state index in [1.807, 2.05) is 79.0 Å². The second-order valence-corrected chi connectivity index (χ2v) is 15.5. The van der Waals surface area contributed by atoms with Gasteiger partial charge < -0.3 is 47.1 Å². The molecule has 13 nitrogen and oxygen atoms in total. The molecular weight excluding hydrogens is 753 g/mol. The average Bonchev–Trinajstić information content (AvgIpc) is 3.66. The number of nitrogens with two attached hydrogens (primary N) is 2. The largest absolute Gasteiger partial charge is 0.496 e. The van der Waals surface area contributed by atoms with Crippen molar-refractivity contribution in [2.24, 2.45) is 11.5 Å². The lowest BCUT2D eigenvalue weighted by Gasteiger charge is -2.32. The van der Waals surface area contributed by atoms with Gasteiger partial charge in [0.1, 0.15) is 22.9 Å². The number of hydrogen-bond donors (Lipinski definition) is 7. The molecule has 2 aromatic heterocycles. The smallest absolute Gasteiger partial charge is 0.245 e. The molecule has 14 heteroatoms. The second-order valence-electron chi connectivity index (χ2n) is 14.5. The Morgan fingerprint density at radius 3 is 2.43 bits per heavy atom. The number of carbonyl (C=O) groups is 3. The van der Waals surface area contributed by atoms with Crippen LogP contribution in [0.4, 0.5) is 0 Å². The van der Waals surface area contributed by atoms with Crippen LogP contribution in [0.2, 0.25) is 0 Å². The fourth-order valence-electron chi connectivity index (χ4n) is 7.37. The van der Waals surface area contributed by atoms with Crippen LogP contribution in [0.25, 0.3) is 22.0 Å². The lowest BCUT2D eigenvalue weighted by molar-refractivity contribution is -0.142. The van der Waals surface area contributed by atoms with E-state index in [1.54, 1.807) is 20.4 Å². The number of carbonyl (C=O) groups excluding carboxylic acids is 3. The number of methoxy groups -OCH3 is 1. The number of nitrogens with zero attached hydrogens (tertiary/aromatic N) is 2. The number of aromatic nitrogens is 2. The number of ether oxygens (including phenoxy) is 1. The van der Waals surface area contributed by atoms with Gasteiger partial charge in [-0.3, -0.25) is 14.4 Å². The Balaban J connectivity index is 1.49. The van der Waals surface area contributed by atoms with Crippen molar-refractivity contribution >= 4 is 40.4 Å². The van der Waals surface area contributed by atoms with Gasteiger partial charge in [0.25, 0.3) is 0 Å². The molecule has 5 aromatic rings. The van der Waals surface area contributed by atoms with Crippen LogP contribution in [0, 0.1) is 0 Å². The van der Waals surface area contributed by atoms with Crippen molar-refractivity contribution in [1.82, 2.24) is 30.8 Å². The molecule has 6 rings (SSSR count). The Hall–Kier alpha value is -5.25. The number of H-pyrrole nitrogens is 1. The van der Waals surface area contributed by atoms with Crippen LogP contribution >= 0.6 is 11.8 Å². The van der Waals surface area contributed by atoms with E-state index < -0.39 is 18.1 Å². The number of likely N-dealkylation sites (N-methyl/N-ethyl adjacent to an activating group) is 1. The molecule has 0 aliphatic carbocycles. The molecule has 1 aliphatic heterocycles. The zero-order valence-corrected chi connectivity index (χ0v) is 33.9. The van der Waals surface area contributed by atoms with Gasteiger partial charge in [-0.2, -0.15) is 0 Å². The predicted octanol–water partition coefficient (Wildman–Crippen LogP) is 4.39. The maximum absolute atomic E-state index is 14.8. The third-order valence-corrected chi connectivity index (χ3v) is 11.9. The monoisotopic (exact) mass is 806 g/mol. The van der Waals surface area contributed by atoms with Gasteiger partial charge >= 0.3 is 0 Å². The lowest BCUT2D eigenvalue weighted by atomic mass is 9.97. The van der Waals surface area contributed by atoms with Crippen molar-refractivity contribution in [3.8, 4) is 16.9 Å². The van der Waals surface area contributed by atoms with Crippen molar-refractivity contribution in [3.05, 3.63) is 107 Å². The third kappa shape index (κ3) is 10.1. The van der Waals surface area contributed by atoms with Crippen molar-refractivity contribution in [3.63, 3.8) is 0 Å². The number of aromatic amines is 1. The molecule has 0 bridgehead atoms. The summed E-state index contributed by atoms with van der Waals surface area (Å²) in [5, 5.41) is 21.1. The summed E-state index contributed by atoms with van der Waals surface area (Å²) in [5.74, 6) is -0.463. The quantitative estimate of drug-likeness (QED) is 0.0888. The molecule has 3 atom stereocenters. The van der Waals surface area contributed by atoms with Crippen molar-refractivity contribution in [1.29, 1.82) is 0 Å². The number of nitrogens with one attached hydrogen (secondary N) is 4. The van der Waals surface area contributed by atoms with E-state index in [2.05, 4.69) is 20.9 Å². The molecule has 306 valence electrons. The highest BCUT2D eigenvalue weighted by Crippen LogP contribution is 2.42. The minimum atomic E-state index is -0.946. The lowest BCUT2D eigenvalue weighted by Crippen LogP contribution is -2.57. The highest BCUT2D eigenvalue weighted by molar-refractivity contribution is 7.99. The fourth-order valence-corrected chi connectivity index (χ4v) is 8.51. The molecule has 9 N–H and O–H groups in total. The summed E-state index contributed by atoms with van der Waals surface area (Å²) in [6, 6.07) is 20.7. The molecule has 0 spiro atoms. The minimum absolute atomic E-state index is 0.0878. The maximum atomic E-state index is 14.8. The van der Waals surface area contributed by atoms with Gasteiger partial charge in [-0.05, 0) is 96.8 Å². The van der Waals surface area contributed by atoms with E-state index in [-0.39, 0.29) is 37.3 Å². The summed E-state index contributed by atoms with van der Waals surface area (Å²) in [6.07, 6.45) is 6.49. The summed E-state index contributed by atoms with van der Waals surface area (Å²) in [5.41, 5.74) is 17.7. The van der Waals surface area contributed by atoms with Gasteiger partial charge in [-0.15, -0.1) is 0 Å². The van der Waals surface area contributed by atoms with Gasteiger partial charge in [0.2, 0.25) is 17.7 Å². The number of aliphatic hydroxyl groups is 1. The molecule has 0 saturated heterocycles. The number of fused-ring (bicyclic) bond motifs is 3. The molecule has 1 aliphatic rings. The number of amides is 3. The van der Waals surface area contributed by atoms with Crippen LogP contribution in [-0.4, -0.2) is 83.1 Å². The zero-order valence-electron chi connectivity index (χ0n) is 33.1. The molecule has 3 heterocycles. The Labute approximate surface area is 343 Å². The number of benzene rings is 3. The summed E-state index contributed by atoms with van der Waals surface area (Å²) in [4.78, 5) is 53.8. The van der Waals surface area contributed by atoms with Crippen LogP contribution in [0.1, 0.15) is 54.4 Å². The molecule has 0 fully saturated rings. The highest BCUT2D eigenvalue weighted by Gasteiger charge is 2.34. The van der Waals surface area contributed by atoms with Crippen LogP contribution < -0.4 is 32.2 Å². The zero-order chi connectivity index (χ0) is 41.0. The molecule has 58 heavy (non-hydrogen) atoms. The topological polar surface area (TPSA) is 201 Å². The van der Waals surface area contributed by atoms with Crippen LogP contribution in [0.5, 0.6) is 5.75 Å². The average molecular weight is 807 g/mol. The number of para-hydroxylation sites is 1. The van der Waals surface area contributed by atoms with E-state index in [4.69, 9.17) is 21.2 Å². The first-order chi connectivity index (χ1) is 28.3. The Kier molecular flexibility index (Phi) is 14.9. The van der Waals surface area contributed by atoms with Crippen molar-refractivity contribution < 1.29 is 24.2 Å². The van der Waals surface area contributed by atoms with E-state index in [0.717, 1.165) is 49.2 Å². The van der Waals surface area contributed by atoms with Crippen molar-refractivity contribution in [2.75, 3.05) is 27.2 Å². The van der Waals surface area contributed by atoms with Gasteiger partial charge in [0.15, 0.2) is 0 Å². The number of hydrogen-bond acceptors (Lipinski definition) is 10. The summed E-state index contributed by atoms with van der Waals surface area (Å²) < 4.78 is 5.96. The second kappa shape index (κ2) is 20.4. The van der Waals surface area contributed by atoms with Gasteiger partial charge in [-0.1, -0.05) is 66.4 Å². The number of pyridine rings is 1. The standard InChI is InChI=1S/C44H54N8O5S/c1-52-38(23-31-25-48-35-11-4-3-10-33(31)35)42(55)50-26-34-32(29-16-14-28(27-53)15-17-29)18-19-39(57-2)40(34)58-43-30(9-8-22-47-43)24-49-36(13-7-21-46)41(54)51-37(44(52)56)12-5-6-20-45/h3-4,8-11,14-19,22,25,36-38,48-49,53H,5-7,12-13,20-21,23-24,26-27,45-46H2,1-2H3,(H,50,55)(H,51,54)/t36-,37-,38-/m0/s1. The molecule has 0 unspecified atom stereocenters. The van der Waals surface area contributed by atoms with E-state index in [1.165, 1.54) is 16.7 Å². The minimum Gasteiger partial charge on any atom is -0.496 e. The molecular formula is C44H54N8O5S. The molecule has 3 amide bonds. The normalized spacial score (nSPS) is 18.3. The summed E-state index contributed by atoms with van der Waals surface area (Å²) >= 11 is 1.42. The fraction of sp³-hybridized carbons (Fsp3) is 0.364.